The summed E-state index contributed by atoms with van der Waals surface area (Å²) >= 11 is 0. The van der Waals surface area contributed by atoms with Gasteiger partial charge in [-0.2, -0.15) is 0 Å². The molecule has 0 aliphatic heterocycles. The Bertz CT molecular complexity index is 822. The first kappa shape index (κ1) is 20.2. The van der Waals surface area contributed by atoms with E-state index >= 15 is 0 Å². The summed E-state index contributed by atoms with van der Waals surface area (Å²) in [6, 6.07) is 11.1. The number of nitrogens with one attached hydrogen (secondary N) is 2. The molecule has 8 nitrogen and oxygen atoms in total. The minimum atomic E-state index is -0.619. The third-order valence-electron chi connectivity index (χ3n) is 3.85. The molecule has 27 heavy (non-hydrogen) atoms. The highest BCUT2D eigenvalue weighted by Crippen LogP contribution is 2.26. The van der Waals surface area contributed by atoms with E-state index in [1.807, 2.05) is 24.3 Å². The van der Waals surface area contributed by atoms with Crippen molar-refractivity contribution in [2.75, 3.05) is 26.2 Å². The first-order chi connectivity index (χ1) is 13.0. The number of carbonyl (C=O) groups excluding carboxylic acids is 3. The van der Waals surface area contributed by atoms with Crippen LogP contribution in [0.25, 0.3) is 10.8 Å². The number of hydrogen-bond donors (Lipinski definition) is 4. The summed E-state index contributed by atoms with van der Waals surface area (Å²) in [6.45, 7) is 0.624. The van der Waals surface area contributed by atoms with Crippen LogP contribution in [0.3, 0.4) is 0 Å². The Balaban J connectivity index is 2.04. The Kier molecular flexibility index (Phi) is 7.57. The van der Waals surface area contributed by atoms with Crippen LogP contribution in [0.1, 0.15) is 23.2 Å². The Morgan fingerprint density at radius 2 is 1.70 bits per heavy atom. The van der Waals surface area contributed by atoms with Gasteiger partial charge in [-0.1, -0.05) is 24.3 Å². The van der Waals surface area contributed by atoms with Crippen LogP contribution in [0.2, 0.25) is 0 Å². The molecule has 0 spiro atoms. The smallest absolute Gasteiger partial charge is 0.255 e. The molecule has 2 aromatic rings. The van der Waals surface area contributed by atoms with Gasteiger partial charge >= 0.3 is 0 Å². The lowest BCUT2D eigenvalue weighted by molar-refractivity contribution is -0.119. The van der Waals surface area contributed by atoms with E-state index in [0.717, 1.165) is 17.2 Å². The monoisotopic (exact) mass is 372 g/mol. The predicted molar refractivity (Wildman–Crippen MR) is 102 cm³/mol. The molecule has 0 saturated heterocycles. The van der Waals surface area contributed by atoms with Gasteiger partial charge in [0.15, 0.2) is 0 Å². The van der Waals surface area contributed by atoms with Crippen LogP contribution in [-0.4, -0.2) is 44.0 Å². The van der Waals surface area contributed by atoms with Gasteiger partial charge < -0.3 is 26.8 Å². The highest BCUT2D eigenvalue weighted by atomic mass is 16.5. The molecule has 144 valence electrons. The standard InChI is InChI=1S/C19H24N4O4/c20-11-18(25)22-7-3-4-8-27-16-10-14-6-2-1-5-13(14)9-15(16)19(26)23-12-17(21)24/h1-2,5-6,9-10H,3-4,7-8,11-12,20H2,(H2,21,24)(H,22,25)(H,23,26). The lowest BCUT2D eigenvalue weighted by Crippen LogP contribution is -2.33. The number of rotatable bonds is 10. The molecule has 0 saturated carbocycles. The van der Waals surface area contributed by atoms with Crippen molar-refractivity contribution in [3.63, 3.8) is 0 Å². The van der Waals surface area contributed by atoms with Gasteiger partial charge in [0.1, 0.15) is 5.75 Å². The van der Waals surface area contributed by atoms with E-state index in [4.69, 9.17) is 16.2 Å². The first-order valence-corrected chi connectivity index (χ1v) is 8.70. The fourth-order valence-corrected chi connectivity index (χ4v) is 2.49. The van der Waals surface area contributed by atoms with Gasteiger partial charge in [0, 0.05) is 6.54 Å². The van der Waals surface area contributed by atoms with Crippen molar-refractivity contribution in [3.8, 4) is 5.75 Å². The SMILES string of the molecule is NCC(=O)NCCCCOc1cc2ccccc2cc1C(=O)NCC(N)=O. The van der Waals surface area contributed by atoms with Gasteiger partial charge in [-0.25, -0.2) is 0 Å². The fraction of sp³-hybridized carbons (Fsp3) is 0.316. The van der Waals surface area contributed by atoms with Crippen molar-refractivity contribution in [3.05, 3.63) is 42.0 Å². The topological polar surface area (TPSA) is 137 Å². The van der Waals surface area contributed by atoms with Gasteiger partial charge in [-0.15, -0.1) is 0 Å². The van der Waals surface area contributed by atoms with Gasteiger partial charge in [0.2, 0.25) is 11.8 Å². The number of hydrogen-bond acceptors (Lipinski definition) is 5. The summed E-state index contributed by atoms with van der Waals surface area (Å²) in [5.41, 5.74) is 10.6. The van der Waals surface area contributed by atoms with E-state index in [1.54, 1.807) is 12.1 Å². The zero-order valence-electron chi connectivity index (χ0n) is 15.0. The fourth-order valence-electron chi connectivity index (χ4n) is 2.49. The quantitative estimate of drug-likeness (QED) is 0.444. The predicted octanol–water partition coefficient (Wildman–Crippen LogP) is 0.289. The number of primary amides is 1. The van der Waals surface area contributed by atoms with Crippen LogP contribution in [0.5, 0.6) is 5.75 Å². The number of nitrogens with two attached hydrogens (primary N) is 2. The Morgan fingerprint density at radius 3 is 2.37 bits per heavy atom. The normalized spacial score (nSPS) is 10.4. The van der Waals surface area contributed by atoms with Crippen LogP contribution in [0, 0.1) is 0 Å². The molecule has 0 aromatic heterocycles. The average Bonchev–Trinajstić information content (AvgIpc) is 2.67. The first-order valence-electron chi connectivity index (χ1n) is 8.70. The van der Waals surface area contributed by atoms with Crippen LogP contribution in [0.4, 0.5) is 0 Å². The lowest BCUT2D eigenvalue weighted by Gasteiger charge is -2.13. The number of carbonyl (C=O) groups is 3. The third-order valence-corrected chi connectivity index (χ3v) is 3.85. The van der Waals surface area contributed by atoms with Crippen molar-refractivity contribution in [1.82, 2.24) is 10.6 Å². The Morgan fingerprint density at radius 1 is 1.00 bits per heavy atom. The van der Waals surface area contributed by atoms with Crippen molar-refractivity contribution in [2.24, 2.45) is 11.5 Å². The number of unbranched alkanes of at least 4 members (excludes halogenated alkanes) is 1. The molecular weight excluding hydrogens is 348 g/mol. The van der Waals surface area contributed by atoms with Gasteiger partial charge in [0.05, 0.1) is 25.3 Å². The second-order valence-electron chi connectivity index (χ2n) is 5.95. The molecule has 0 atom stereocenters. The molecule has 0 heterocycles. The third kappa shape index (κ3) is 6.27. The Labute approximate surface area is 157 Å². The van der Waals surface area contributed by atoms with Gasteiger partial charge in [0.25, 0.3) is 5.91 Å². The van der Waals surface area contributed by atoms with E-state index in [2.05, 4.69) is 10.6 Å². The summed E-state index contributed by atoms with van der Waals surface area (Å²) in [5, 5.41) is 6.99. The number of fused-ring (bicyclic) bond motifs is 1. The highest BCUT2D eigenvalue weighted by Gasteiger charge is 2.14. The lowest BCUT2D eigenvalue weighted by atomic mass is 10.1. The largest absolute Gasteiger partial charge is 0.493 e. The van der Waals surface area contributed by atoms with Crippen LogP contribution in [0.15, 0.2) is 36.4 Å². The second-order valence-corrected chi connectivity index (χ2v) is 5.95. The van der Waals surface area contributed by atoms with E-state index in [9.17, 15) is 14.4 Å². The number of ether oxygens (including phenoxy) is 1. The molecule has 8 heteroatoms. The van der Waals surface area contributed by atoms with Gasteiger partial charge in [-0.3, -0.25) is 14.4 Å². The van der Waals surface area contributed by atoms with Crippen LogP contribution < -0.4 is 26.8 Å². The molecular formula is C19H24N4O4. The van der Waals surface area contributed by atoms with E-state index in [0.29, 0.717) is 30.9 Å². The maximum absolute atomic E-state index is 12.4. The molecule has 0 aliphatic rings. The average molecular weight is 372 g/mol. The molecule has 0 bridgehead atoms. The van der Waals surface area contributed by atoms with E-state index in [1.165, 1.54) is 0 Å². The molecule has 3 amide bonds. The summed E-state index contributed by atoms with van der Waals surface area (Å²) in [6.07, 6.45) is 1.42. The maximum Gasteiger partial charge on any atom is 0.255 e. The van der Waals surface area contributed by atoms with E-state index in [-0.39, 0.29) is 19.0 Å². The van der Waals surface area contributed by atoms with Crippen LogP contribution in [-0.2, 0) is 9.59 Å². The highest BCUT2D eigenvalue weighted by molar-refractivity contribution is 6.02. The van der Waals surface area contributed by atoms with Gasteiger partial charge in [-0.05, 0) is 35.7 Å². The minimum absolute atomic E-state index is 0.0304. The van der Waals surface area contributed by atoms with Crippen molar-refractivity contribution in [1.29, 1.82) is 0 Å². The molecule has 0 radical (unpaired) electrons. The summed E-state index contributed by atoms with van der Waals surface area (Å²) < 4.78 is 5.79. The molecule has 2 aromatic carbocycles. The van der Waals surface area contributed by atoms with Crippen molar-refractivity contribution < 1.29 is 19.1 Å². The summed E-state index contributed by atoms with van der Waals surface area (Å²) in [4.78, 5) is 34.4. The molecule has 2 rings (SSSR count). The zero-order valence-corrected chi connectivity index (χ0v) is 15.0. The molecule has 0 fully saturated rings. The number of benzene rings is 2. The van der Waals surface area contributed by atoms with E-state index < -0.39 is 11.8 Å². The second kappa shape index (κ2) is 10.1. The summed E-state index contributed by atoms with van der Waals surface area (Å²) in [7, 11) is 0. The molecule has 0 unspecified atom stereocenters. The van der Waals surface area contributed by atoms with Crippen molar-refractivity contribution >= 4 is 28.5 Å². The number of amides is 3. The Hall–Kier alpha value is -3.13. The minimum Gasteiger partial charge on any atom is -0.493 e. The molecule has 6 N–H and O–H groups in total. The van der Waals surface area contributed by atoms with Crippen molar-refractivity contribution in [2.45, 2.75) is 12.8 Å². The maximum atomic E-state index is 12.4. The summed E-state index contributed by atoms with van der Waals surface area (Å²) in [5.74, 6) is -0.809. The molecule has 0 aliphatic carbocycles. The van der Waals surface area contributed by atoms with Crippen LogP contribution >= 0.6 is 0 Å². The zero-order chi connectivity index (χ0) is 19.6.